The molecule has 0 saturated carbocycles. The van der Waals surface area contributed by atoms with Gasteiger partial charge in [0.2, 0.25) is 21.9 Å². The molecule has 16 heteroatoms. The van der Waals surface area contributed by atoms with Gasteiger partial charge in [-0.15, -0.1) is 0 Å². The molecule has 1 aromatic carbocycles. The molecule has 0 radical (unpaired) electrons. The number of anilines is 4. The molecule has 1 amide bonds. The maximum atomic E-state index is 13.7. The standard InChI is InChI=1S/C21H23F3N8O4S/c1-11-26-8-13(19(29-11)32(2)37(4,34)35)9-27-18-14(21(22,23)24)10-28-20(31-18)30-15-7-12(17(25)33)5-6-16(15)36-3/h5-8,10H,9H2,1-4H3,(H2,25,33)(H2,27,28,30,31). The lowest BCUT2D eigenvalue weighted by Gasteiger charge is -2.20. The second-order valence-electron chi connectivity index (χ2n) is 7.71. The van der Waals surface area contributed by atoms with E-state index >= 15 is 0 Å². The Kier molecular flexibility index (Phi) is 7.71. The van der Waals surface area contributed by atoms with Crippen LogP contribution in [0, 0.1) is 6.92 Å². The number of sulfonamides is 1. The molecule has 2 aromatic heterocycles. The van der Waals surface area contributed by atoms with Crippen molar-refractivity contribution in [2.45, 2.75) is 19.6 Å². The van der Waals surface area contributed by atoms with E-state index in [2.05, 4.69) is 30.6 Å². The molecule has 0 atom stereocenters. The molecule has 0 fully saturated rings. The molecule has 0 aliphatic rings. The van der Waals surface area contributed by atoms with Crippen LogP contribution >= 0.6 is 0 Å². The Morgan fingerprint density at radius 3 is 2.49 bits per heavy atom. The fourth-order valence-corrected chi connectivity index (χ4v) is 3.55. The Morgan fingerprint density at radius 1 is 1.19 bits per heavy atom. The summed E-state index contributed by atoms with van der Waals surface area (Å²) in [5.41, 5.74) is 4.65. The number of hydrogen-bond donors (Lipinski definition) is 3. The summed E-state index contributed by atoms with van der Waals surface area (Å²) in [4.78, 5) is 27.3. The van der Waals surface area contributed by atoms with Gasteiger partial charge in [0, 0.05) is 37.1 Å². The minimum Gasteiger partial charge on any atom is -0.495 e. The maximum absolute atomic E-state index is 13.7. The van der Waals surface area contributed by atoms with Crippen molar-refractivity contribution in [1.29, 1.82) is 0 Å². The van der Waals surface area contributed by atoms with Crippen LogP contribution in [0.3, 0.4) is 0 Å². The van der Waals surface area contributed by atoms with Crippen LogP contribution in [0.25, 0.3) is 0 Å². The van der Waals surface area contributed by atoms with Crippen LogP contribution < -0.4 is 25.4 Å². The first-order chi connectivity index (χ1) is 17.2. The van der Waals surface area contributed by atoms with Gasteiger partial charge in [-0.1, -0.05) is 0 Å². The second kappa shape index (κ2) is 10.4. The van der Waals surface area contributed by atoms with E-state index in [4.69, 9.17) is 10.5 Å². The van der Waals surface area contributed by atoms with E-state index in [-0.39, 0.29) is 46.7 Å². The normalized spacial score (nSPS) is 11.6. The molecule has 0 aliphatic heterocycles. The summed E-state index contributed by atoms with van der Waals surface area (Å²) >= 11 is 0. The first-order valence-corrected chi connectivity index (χ1v) is 12.2. The van der Waals surface area contributed by atoms with Gasteiger partial charge in [-0.2, -0.15) is 18.2 Å². The summed E-state index contributed by atoms with van der Waals surface area (Å²) in [7, 11) is -1.09. The summed E-state index contributed by atoms with van der Waals surface area (Å²) in [6.45, 7) is 1.25. The average Bonchev–Trinajstić information content (AvgIpc) is 2.81. The Balaban J connectivity index is 1.99. The lowest BCUT2D eigenvalue weighted by Crippen LogP contribution is -2.28. The van der Waals surface area contributed by atoms with Crippen molar-refractivity contribution in [1.82, 2.24) is 19.9 Å². The second-order valence-corrected chi connectivity index (χ2v) is 9.72. The Hall–Kier alpha value is -4.21. The molecule has 2 heterocycles. The van der Waals surface area contributed by atoms with Crippen molar-refractivity contribution >= 4 is 39.2 Å². The number of nitrogens with zero attached hydrogens (tertiary/aromatic N) is 5. The molecule has 37 heavy (non-hydrogen) atoms. The molecule has 4 N–H and O–H groups in total. The lowest BCUT2D eigenvalue weighted by molar-refractivity contribution is -0.137. The molecule has 12 nitrogen and oxygen atoms in total. The smallest absolute Gasteiger partial charge is 0.421 e. The molecule has 198 valence electrons. The molecule has 3 rings (SSSR count). The van der Waals surface area contributed by atoms with E-state index in [0.717, 1.165) is 10.6 Å². The van der Waals surface area contributed by atoms with Crippen molar-refractivity contribution in [3.8, 4) is 5.75 Å². The van der Waals surface area contributed by atoms with Gasteiger partial charge in [-0.05, 0) is 25.1 Å². The highest BCUT2D eigenvalue weighted by Crippen LogP contribution is 2.35. The van der Waals surface area contributed by atoms with Crippen molar-refractivity contribution in [2.24, 2.45) is 5.73 Å². The zero-order chi connectivity index (χ0) is 27.5. The minimum absolute atomic E-state index is 0.00327. The quantitative estimate of drug-likeness (QED) is 0.367. The molecular weight excluding hydrogens is 517 g/mol. The van der Waals surface area contributed by atoms with E-state index in [9.17, 15) is 26.4 Å². The highest BCUT2D eigenvalue weighted by molar-refractivity contribution is 7.92. The molecule has 0 unspecified atom stereocenters. The van der Waals surface area contributed by atoms with Gasteiger partial charge in [0.1, 0.15) is 23.0 Å². The first kappa shape index (κ1) is 27.4. The number of hydrogen-bond acceptors (Lipinski definition) is 10. The summed E-state index contributed by atoms with van der Waals surface area (Å²) in [6, 6.07) is 4.21. The number of carbonyl (C=O) groups excluding carboxylic acids is 1. The largest absolute Gasteiger partial charge is 0.495 e. The average molecular weight is 541 g/mol. The van der Waals surface area contributed by atoms with Gasteiger partial charge in [0.15, 0.2) is 5.82 Å². The fourth-order valence-electron chi connectivity index (χ4n) is 3.08. The van der Waals surface area contributed by atoms with Gasteiger partial charge in [-0.3, -0.25) is 9.10 Å². The van der Waals surface area contributed by atoms with Crippen molar-refractivity contribution in [2.75, 3.05) is 35.4 Å². The summed E-state index contributed by atoms with van der Waals surface area (Å²) in [5.74, 6) is -1.04. The third-order valence-electron chi connectivity index (χ3n) is 5.03. The molecule has 0 aliphatic carbocycles. The van der Waals surface area contributed by atoms with Gasteiger partial charge in [0.25, 0.3) is 0 Å². The summed E-state index contributed by atoms with van der Waals surface area (Å²) < 4.78 is 71.2. The Morgan fingerprint density at radius 2 is 1.89 bits per heavy atom. The van der Waals surface area contributed by atoms with Crippen LogP contribution in [-0.4, -0.2) is 54.7 Å². The molecular formula is C21H23F3N8O4S. The zero-order valence-corrected chi connectivity index (χ0v) is 20.9. The molecule has 0 saturated heterocycles. The van der Waals surface area contributed by atoms with Crippen LogP contribution in [0.2, 0.25) is 0 Å². The van der Waals surface area contributed by atoms with Gasteiger partial charge < -0.3 is 21.1 Å². The number of methoxy groups -OCH3 is 1. The van der Waals surface area contributed by atoms with Gasteiger partial charge in [0.05, 0.1) is 19.1 Å². The van der Waals surface area contributed by atoms with E-state index in [1.807, 2.05) is 0 Å². The zero-order valence-electron chi connectivity index (χ0n) is 20.1. The van der Waals surface area contributed by atoms with Crippen molar-refractivity contribution in [3.63, 3.8) is 0 Å². The van der Waals surface area contributed by atoms with Gasteiger partial charge >= 0.3 is 6.18 Å². The van der Waals surface area contributed by atoms with Crippen LogP contribution in [0.15, 0.2) is 30.6 Å². The third-order valence-corrected chi connectivity index (χ3v) is 6.20. The third kappa shape index (κ3) is 6.52. The molecule has 3 aromatic rings. The van der Waals surface area contributed by atoms with E-state index in [1.165, 1.54) is 38.6 Å². The minimum atomic E-state index is -4.80. The Labute approximate surface area is 210 Å². The number of nitrogens with two attached hydrogens (primary N) is 1. The number of halogens is 3. The van der Waals surface area contributed by atoms with Crippen LogP contribution in [0.4, 0.5) is 36.4 Å². The highest BCUT2D eigenvalue weighted by atomic mass is 32.2. The number of rotatable bonds is 9. The summed E-state index contributed by atoms with van der Waals surface area (Å²) in [6.07, 6.45) is -1.95. The van der Waals surface area contributed by atoms with Crippen LogP contribution in [0.5, 0.6) is 5.75 Å². The maximum Gasteiger partial charge on any atom is 0.421 e. The lowest BCUT2D eigenvalue weighted by atomic mass is 10.2. The number of nitrogens with one attached hydrogen (secondary N) is 2. The van der Waals surface area contributed by atoms with Crippen LogP contribution in [0.1, 0.15) is 27.3 Å². The number of primary amides is 1. The van der Waals surface area contributed by atoms with E-state index in [0.29, 0.717) is 6.20 Å². The first-order valence-electron chi connectivity index (χ1n) is 10.4. The predicted molar refractivity (Wildman–Crippen MR) is 129 cm³/mol. The number of aromatic nitrogens is 4. The number of ether oxygens (including phenoxy) is 1. The number of benzene rings is 1. The number of alkyl halides is 3. The Bertz CT molecular complexity index is 1430. The predicted octanol–water partition coefficient (Wildman–Crippen LogP) is 2.45. The SMILES string of the molecule is COc1ccc(C(N)=O)cc1Nc1ncc(C(F)(F)F)c(NCc2cnc(C)nc2N(C)S(C)(=O)=O)n1. The number of carbonyl (C=O) groups is 1. The van der Waals surface area contributed by atoms with Gasteiger partial charge in [-0.25, -0.2) is 23.4 Å². The monoisotopic (exact) mass is 540 g/mol. The van der Waals surface area contributed by atoms with Crippen molar-refractivity contribution in [3.05, 3.63) is 53.1 Å². The molecule has 0 bridgehead atoms. The van der Waals surface area contributed by atoms with Crippen LogP contribution in [-0.2, 0) is 22.7 Å². The fraction of sp³-hybridized carbons (Fsp3) is 0.286. The number of aryl methyl sites for hydroxylation is 1. The highest BCUT2D eigenvalue weighted by Gasteiger charge is 2.35. The van der Waals surface area contributed by atoms with E-state index < -0.39 is 33.5 Å². The summed E-state index contributed by atoms with van der Waals surface area (Å²) in [5, 5.41) is 5.29. The van der Waals surface area contributed by atoms with Crippen molar-refractivity contribution < 1.29 is 31.1 Å². The molecule has 0 spiro atoms. The topological polar surface area (TPSA) is 165 Å². The van der Waals surface area contributed by atoms with E-state index in [1.54, 1.807) is 6.92 Å². The number of amides is 1.